The summed E-state index contributed by atoms with van der Waals surface area (Å²) < 4.78 is 42.1. The Morgan fingerprint density at radius 3 is 2.60 bits per heavy atom. The third-order valence-electron chi connectivity index (χ3n) is 4.70. The highest BCUT2D eigenvalue weighted by atomic mass is 32.1. The van der Waals surface area contributed by atoms with Crippen LogP contribution in [0, 0.1) is 6.92 Å². The Kier molecular flexibility index (Phi) is 4.10. The SMILES string of the molecule is Cc1sc2nc(Cn3nc(C(F)(F)F)cc3C3=CC3)cc(=O)n2c1-c1cncnc1. The van der Waals surface area contributed by atoms with Crippen molar-refractivity contribution in [3.05, 3.63) is 69.2 Å². The van der Waals surface area contributed by atoms with E-state index in [0.29, 0.717) is 34.0 Å². The van der Waals surface area contributed by atoms with Crippen molar-refractivity contribution >= 4 is 21.9 Å². The second-order valence-corrected chi connectivity index (χ2v) is 8.02. The zero-order valence-electron chi connectivity index (χ0n) is 15.5. The molecule has 0 bridgehead atoms. The Hall–Kier alpha value is -3.34. The zero-order chi connectivity index (χ0) is 21.0. The van der Waals surface area contributed by atoms with E-state index in [4.69, 9.17) is 0 Å². The Labute approximate surface area is 171 Å². The molecule has 0 N–H and O–H groups in total. The average molecular weight is 430 g/mol. The van der Waals surface area contributed by atoms with Crippen molar-refractivity contribution in [1.82, 2.24) is 29.1 Å². The molecule has 0 fully saturated rings. The summed E-state index contributed by atoms with van der Waals surface area (Å²) in [5.74, 6) is 0. The zero-order valence-corrected chi connectivity index (χ0v) is 16.3. The van der Waals surface area contributed by atoms with Crippen molar-refractivity contribution in [2.24, 2.45) is 0 Å². The fourth-order valence-electron chi connectivity index (χ4n) is 3.31. The molecule has 0 spiro atoms. The van der Waals surface area contributed by atoms with Crippen LogP contribution in [0.15, 0.2) is 41.7 Å². The lowest BCUT2D eigenvalue weighted by Gasteiger charge is -2.06. The van der Waals surface area contributed by atoms with Crippen LogP contribution in [-0.2, 0) is 12.7 Å². The van der Waals surface area contributed by atoms with Crippen LogP contribution >= 0.6 is 11.3 Å². The van der Waals surface area contributed by atoms with Gasteiger partial charge in [0.25, 0.3) is 5.56 Å². The molecule has 30 heavy (non-hydrogen) atoms. The molecule has 11 heteroatoms. The number of thiazole rings is 1. The molecule has 1 aliphatic rings. The normalized spacial score (nSPS) is 13.7. The van der Waals surface area contributed by atoms with E-state index in [2.05, 4.69) is 20.1 Å². The second kappa shape index (κ2) is 6.59. The molecule has 0 radical (unpaired) electrons. The van der Waals surface area contributed by atoms with Crippen molar-refractivity contribution in [3.63, 3.8) is 0 Å². The van der Waals surface area contributed by atoms with E-state index in [1.807, 2.05) is 13.0 Å². The first-order valence-corrected chi connectivity index (χ1v) is 9.75. The highest BCUT2D eigenvalue weighted by Gasteiger charge is 2.36. The molecule has 0 amide bonds. The van der Waals surface area contributed by atoms with Crippen molar-refractivity contribution in [2.75, 3.05) is 0 Å². The van der Waals surface area contributed by atoms with E-state index in [1.165, 1.54) is 32.8 Å². The Bertz CT molecular complexity index is 1370. The van der Waals surface area contributed by atoms with Gasteiger partial charge >= 0.3 is 6.18 Å². The van der Waals surface area contributed by atoms with E-state index >= 15 is 0 Å². The smallest absolute Gasteiger partial charge is 0.269 e. The molecule has 0 atom stereocenters. The third kappa shape index (κ3) is 3.20. The number of allylic oxidation sites excluding steroid dienone is 2. The number of nitrogens with zero attached hydrogens (tertiary/aromatic N) is 6. The van der Waals surface area contributed by atoms with Gasteiger partial charge in [0.1, 0.15) is 6.33 Å². The van der Waals surface area contributed by atoms with Crippen molar-refractivity contribution in [1.29, 1.82) is 0 Å². The summed E-state index contributed by atoms with van der Waals surface area (Å²) >= 11 is 1.32. The van der Waals surface area contributed by atoms with Crippen LogP contribution < -0.4 is 5.56 Å². The van der Waals surface area contributed by atoms with Gasteiger partial charge in [-0.05, 0) is 25.0 Å². The first-order chi connectivity index (χ1) is 14.3. The molecule has 4 heterocycles. The number of halogens is 3. The fraction of sp³-hybridized carbons (Fsp3) is 0.211. The maximum Gasteiger partial charge on any atom is 0.435 e. The molecule has 1 aliphatic carbocycles. The predicted molar refractivity (Wildman–Crippen MR) is 104 cm³/mol. The lowest BCUT2D eigenvalue weighted by atomic mass is 10.2. The van der Waals surface area contributed by atoms with Crippen molar-refractivity contribution in [2.45, 2.75) is 26.1 Å². The number of rotatable bonds is 4. The molecule has 4 aromatic heterocycles. The van der Waals surface area contributed by atoms with E-state index < -0.39 is 11.9 Å². The molecule has 0 unspecified atom stereocenters. The summed E-state index contributed by atoms with van der Waals surface area (Å²) in [6.07, 6.45) is 2.54. The van der Waals surface area contributed by atoms with Crippen LogP contribution in [0.2, 0.25) is 0 Å². The molecule has 0 saturated carbocycles. The number of aryl methyl sites for hydroxylation is 1. The molecule has 4 aromatic rings. The maximum absolute atomic E-state index is 13.1. The number of aromatic nitrogens is 6. The van der Waals surface area contributed by atoms with E-state index in [1.54, 1.807) is 12.4 Å². The van der Waals surface area contributed by atoms with Gasteiger partial charge in [-0.2, -0.15) is 18.3 Å². The Balaban J connectivity index is 1.58. The van der Waals surface area contributed by atoms with Gasteiger partial charge in [0, 0.05) is 28.9 Å². The Morgan fingerprint density at radius 2 is 1.93 bits per heavy atom. The number of hydrogen-bond donors (Lipinski definition) is 0. The summed E-state index contributed by atoms with van der Waals surface area (Å²) in [4.78, 5) is 26.7. The van der Waals surface area contributed by atoms with E-state index in [9.17, 15) is 18.0 Å². The van der Waals surface area contributed by atoms with Crippen LogP contribution in [0.25, 0.3) is 21.8 Å². The highest BCUT2D eigenvalue weighted by Crippen LogP contribution is 2.36. The second-order valence-electron chi connectivity index (χ2n) is 6.84. The van der Waals surface area contributed by atoms with Crippen LogP contribution in [-0.4, -0.2) is 29.1 Å². The minimum atomic E-state index is -4.54. The summed E-state index contributed by atoms with van der Waals surface area (Å²) in [5, 5.41) is 3.71. The van der Waals surface area contributed by atoms with Crippen molar-refractivity contribution < 1.29 is 13.2 Å². The van der Waals surface area contributed by atoms with Gasteiger partial charge in [-0.25, -0.2) is 15.0 Å². The van der Waals surface area contributed by atoms with Gasteiger partial charge in [0.05, 0.1) is 23.6 Å². The average Bonchev–Trinajstić information content (AvgIpc) is 3.34. The molecule has 5 rings (SSSR count). The van der Waals surface area contributed by atoms with Gasteiger partial charge in [0.15, 0.2) is 10.7 Å². The topological polar surface area (TPSA) is 78.0 Å². The molecule has 7 nitrogen and oxygen atoms in total. The van der Waals surface area contributed by atoms with Gasteiger partial charge in [-0.3, -0.25) is 13.9 Å². The highest BCUT2D eigenvalue weighted by molar-refractivity contribution is 7.17. The van der Waals surface area contributed by atoms with E-state index in [0.717, 1.165) is 16.5 Å². The van der Waals surface area contributed by atoms with Crippen molar-refractivity contribution in [3.8, 4) is 11.3 Å². The van der Waals surface area contributed by atoms with Crippen LogP contribution in [0.3, 0.4) is 0 Å². The third-order valence-corrected chi connectivity index (χ3v) is 5.65. The molecule has 152 valence electrons. The van der Waals surface area contributed by atoms with Gasteiger partial charge in [-0.15, -0.1) is 11.3 Å². The summed E-state index contributed by atoms with van der Waals surface area (Å²) in [5.41, 5.74) is 1.60. The monoisotopic (exact) mass is 430 g/mol. The molecule has 0 saturated heterocycles. The summed E-state index contributed by atoms with van der Waals surface area (Å²) in [6.45, 7) is 1.83. The summed E-state index contributed by atoms with van der Waals surface area (Å²) in [6, 6.07) is 2.36. The minimum absolute atomic E-state index is 0.0325. The van der Waals surface area contributed by atoms with Gasteiger partial charge < -0.3 is 0 Å². The quantitative estimate of drug-likeness (QED) is 0.495. The lowest BCUT2D eigenvalue weighted by molar-refractivity contribution is -0.141. The molecular formula is C19H13F3N6OS. The first kappa shape index (κ1) is 18.7. The fourth-order valence-corrected chi connectivity index (χ4v) is 4.32. The van der Waals surface area contributed by atoms with Gasteiger partial charge in [-0.1, -0.05) is 6.08 Å². The number of fused-ring (bicyclic) bond motifs is 1. The Morgan fingerprint density at radius 1 is 1.20 bits per heavy atom. The maximum atomic E-state index is 13.1. The lowest BCUT2D eigenvalue weighted by Crippen LogP contribution is -2.17. The standard InChI is InChI=1S/C19H13F3N6OS/c1-10-17(12-6-23-9-24-7-12)28-16(29)4-13(25-18(28)30-10)8-27-14(11-2-3-11)5-15(26-27)19(20,21)22/h2,4-7,9H,3,8H2,1H3. The largest absolute Gasteiger partial charge is 0.435 e. The number of hydrogen-bond acceptors (Lipinski definition) is 6. The van der Waals surface area contributed by atoms with Crippen LogP contribution in [0.1, 0.15) is 28.4 Å². The molecular weight excluding hydrogens is 417 g/mol. The number of alkyl halides is 3. The van der Waals surface area contributed by atoms with Crippen LogP contribution in [0.4, 0.5) is 13.2 Å². The van der Waals surface area contributed by atoms with E-state index in [-0.39, 0.29) is 12.1 Å². The van der Waals surface area contributed by atoms with Crippen LogP contribution in [0.5, 0.6) is 0 Å². The van der Waals surface area contributed by atoms with Gasteiger partial charge in [0.2, 0.25) is 0 Å². The molecule has 0 aromatic carbocycles. The minimum Gasteiger partial charge on any atom is -0.269 e. The summed E-state index contributed by atoms with van der Waals surface area (Å²) in [7, 11) is 0. The predicted octanol–water partition coefficient (Wildman–Crippen LogP) is 3.57. The first-order valence-electron chi connectivity index (χ1n) is 8.93. The molecule has 0 aliphatic heterocycles.